The molecular formula is C17H18ClFN6S. The van der Waals surface area contributed by atoms with Gasteiger partial charge in [-0.2, -0.15) is 4.98 Å². The van der Waals surface area contributed by atoms with Gasteiger partial charge in [-0.1, -0.05) is 22.9 Å². The van der Waals surface area contributed by atoms with Crippen molar-refractivity contribution >= 4 is 44.2 Å². The molecule has 0 aliphatic carbocycles. The van der Waals surface area contributed by atoms with Crippen LogP contribution in [-0.2, 0) is 0 Å². The number of anilines is 2. The molecule has 1 saturated heterocycles. The molecule has 9 heteroatoms. The van der Waals surface area contributed by atoms with Crippen LogP contribution < -0.4 is 11.1 Å². The Kier molecular flexibility index (Phi) is 4.64. The zero-order valence-corrected chi connectivity index (χ0v) is 15.7. The number of nitrogen functional groups attached to an aromatic ring is 1. The van der Waals surface area contributed by atoms with E-state index >= 15 is 0 Å². The third-order valence-electron chi connectivity index (χ3n) is 4.50. The third-order valence-corrected chi connectivity index (χ3v) is 5.79. The van der Waals surface area contributed by atoms with Gasteiger partial charge in [0.25, 0.3) is 0 Å². The highest BCUT2D eigenvalue weighted by Gasteiger charge is 2.19. The monoisotopic (exact) mass is 392 g/mol. The van der Waals surface area contributed by atoms with E-state index in [4.69, 9.17) is 17.3 Å². The zero-order valence-electron chi connectivity index (χ0n) is 14.2. The normalized spacial score (nSPS) is 16.3. The second-order valence-corrected chi connectivity index (χ2v) is 7.86. The van der Waals surface area contributed by atoms with Crippen LogP contribution in [-0.4, -0.2) is 46.0 Å². The van der Waals surface area contributed by atoms with Crippen LogP contribution in [0.4, 0.5) is 15.3 Å². The number of halogens is 2. The fourth-order valence-electron chi connectivity index (χ4n) is 3.00. The highest BCUT2D eigenvalue weighted by atomic mass is 35.5. The molecule has 0 atom stereocenters. The summed E-state index contributed by atoms with van der Waals surface area (Å²) in [5.74, 6) is 0.259. The van der Waals surface area contributed by atoms with Crippen LogP contribution in [0.25, 0.3) is 21.7 Å². The molecule has 3 heterocycles. The topological polar surface area (TPSA) is 80.0 Å². The molecule has 136 valence electrons. The lowest BCUT2D eigenvalue weighted by molar-refractivity contribution is 0.264. The predicted octanol–water partition coefficient (Wildman–Crippen LogP) is 3.63. The molecule has 26 heavy (non-hydrogen) atoms. The number of nitrogens with one attached hydrogen (secondary N) is 1. The highest BCUT2D eigenvalue weighted by Crippen LogP contribution is 2.32. The average molecular weight is 393 g/mol. The highest BCUT2D eigenvalue weighted by molar-refractivity contribution is 7.22. The van der Waals surface area contributed by atoms with Crippen LogP contribution in [0.5, 0.6) is 0 Å². The van der Waals surface area contributed by atoms with Crippen molar-refractivity contribution in [2.45, 2.75) is 18.9 Å². The van der Waals surface area contributed by atoms with E-state index in [2.05, 4.69) is 32.2 Å². The number of likely N-dealkylation sites (tertiary alicyclic amines) is 1. The van der Waals surface area contributed by atoms with Crippen molar-refractivity contribution in [3.8, 4) is 11.4 Å². The Morgan fingerprint density at radius 2 is 2.04 bits per heavy atom. The van der Waals surface area contributed by atoms with E-state index in [0.717, 1.165) is 35.8 Å². The molecule has 4 rings (SSSR count). The molecule has 1 aliphatic heterocycles. The first-order valence-electron chi connectivity index (χ1n) is 8.34. The zero-order chi connectivity index (χ0) is 18.3. The van der Waals surface area contributed by atoms with E-state index in [1.54, 1.807) is 6.07 Å². The predicted molar refractivity (Wildman–Crippen MR) is 104 cm³/mol. The number of fused-ring (bicyclic) bond motifs is 1. The number of piperidine rings is 1. The Labute approximate surface area is 159 Å². The molecule has 1 aliphatic rings. The van der Waals surface area contributed by atoms with Gasteiger partial charge in [0.1, 0.15) is 16.3 Å². The number of hydrogen-bond donors (Lipinski definition) is 2. The van der Waals surface area contributed by atoms with Crippen molar-refractivity contribution in [1.29, 1.82) is 0 Å². The SMILES string of the molecule is CN1CCC(Nc2nc3nc(-c4ccc(F)c(Cl)c4)nc(N)c3s2)CC1. The summed E-state index contributed by atoms with van der Waals surface area (Å²) in [5.41, 5.74) is 7.24. The van der Waals surface area contributed by atoms with Gasteiger partial charge < -0.3 is 16.0 Å². The van der Waals surface area contributed by atoms with Crippen molar-refractivity contribution in [2.24, 2.45) is 0 Å². The van der Waals surface area contributed by atoms with Crippen LogP contribution in [0.3, 0.4) is 0 Å². The summed E-state index contributed by atoms with van der Waals surface area (Å²) in [6, 6.07) is 4.75. The quantitative estimate of drug-likeness (QED) is 0.708. The minimum atomic E-state index is -0.484. The maximum atomic E-state index is 13.4. The van der Waals surface area contributed by atoms with Gasteiger partial charge in [-0.25, -0.2) is 14.4 Å². The summed E-state index contributed by atoms with van der Waals surface area (Å²) >= 11 is 7.31. The minimum Gasteiger partial charge on any atom is -0.382 e. The summed E-state index contributed by atoms with van der Waals surface area (Å²) < 4.78 is 14.1. The lowest BCUT2D eigenvalue weighted by Gasteiger charge is -2.29. The molecule has 0 saturated carbocycles. The molecule has 3 N–H and O–H groups in total. The molecule has 2 aromatic heterocycles. The summed E-state index contributed by atoms with van der Waals surface area (Å²) in [5, 5.41) is 4.30. The Bertz CT molecular complexity index is 954. The van der Waals surface area contributed by atoms with Gasteiger partial charge in [0.05, 0.1) is 5.02 Å². The van der Waals surface area contributed by atoms with Gasteiger partial charge in [0.15, 0.2) is 16.6 Å². The van der Waals surface area contributed by atoms with Gasteiger partial charge in [0, 0.05) is 11.6 Å². The molecular weight excluding hydrogens is 375 g/mol. The van der Waals surface area contributed by atoms with Gasteiger partial charge in [0.2, 0.25) is 0 Å². The van der Waals surface area contributed by atoms with Crippen LogP contribution in [0.1, 0.15) is 12.8 Å². The van der Waals surface area contributed by atoms with E-state index < -0.39 is 5.82 Å². The van der Waals surface area contributed by atoms with Gasteiger partial charge >= 0.3 is 0 Å². The first-order chi connectivity index (χ1) is 12.5. The number of benzene rings is 1. The number of hydrogen-bond acceptors (Lipinski definition) is 7. The molecule has 0 unspecified atom stereocenters. The van der Waals surface area contributed by atoms with Crippen LogP contribution >= 0.6 is 22.9 Å². The number of thiazole rings is 1. The molecule has 0 radical (unpaired) electrons. The van der Waals surface area contributed by atoms with Crippen LogP contribution in [0.2, 0.25) is 5.02 Å². The second kappa shape index (κ2) is 6.94. The van der Waals surface area contributed by atoms with Gasteiger partial charge in [-0.3, -0.25) is 0 Å². The van der Waals surface area contributed by atoms with Crippen molar-refractivity contribution in [3.05, 3.63) is 29.0 Å². The van der Waals surface area contributed by atoms with Crippen molar-refractivity contribution in [3.63, 3.8) is 0 Å². The fraction of sp³-hybridized carbons (Fsp3) is 0.353. The van der Waals surface area contributed by atoms with Crippen molar-refractivity contribution in [2.75, 3.05) is 31.2 Å². The Balaban J connectivity index is 1.63. The van der Waals surface area contributed by atoms with Crippen LogP contribution in [0.15, 0.2) is 18.2 Å². The number of aromatic nitrogens is 3. The first kappa shape index (κ1) is 17.4. The largest absolute Gasteiger partial charge is 0.382 e. The Morgan fingerprint density at radius 3 is 2.77 bits per heavy atom. The smallest absolute Gasteiger partial charge is 0.185 e. The average Bonchev–Trinajstić information content (AvgIpc) is 3.02. The fourth-order valence-corrected chi connectivity index (χ4v) is 4.06. The first-order valence-corrected chi connectivity index (χ1v) is 9.53. The van der Waals surface area contributed by atoms with E-state index in [-0.39, 0.29) is 5.02 Å². The molecule has 3 aromatic rings. The minimum absolute atomic E-state index is 0.0210. The third kappa shape index (κ3) is 3.44. The summed E-state index contributed by atoms with van der Waals surface area (Å²) in [6.07, 6.45) is 2.15. The molecule has 0 amide bonds. The second-order valence-electron chi connectivity index (χ2n) is 6.45. The summed E-state index contributed by atoms with van der Waals surface area (Å²) in [7, 11) is 2.13. The Morgan fingerprint density at radius 1 is 1.27 bits per heavy atom. The molecule has 1 fully saturated rings. The van der Waals surface area contributed by atoms with E-state index in [9.17, 15) is 4.39 Å². The van der Waals surface area contributed by atoms with Crippen molar-refractivity contribution in [1.82, 2.24) is 19.9 Å². The number of nitrogens with two attached hydrogens (primary N) is 1. The summed E-state index contributed by atoms with van der Waals surface area (Å²) in [6.45, 7) is 2.14. The number of rotatable bonds is 3. The Hall–Kier alpha value is -2.03. The lowest BCUT2D eigenvalue weighted by Crippen LogP contribution is -2.36. The maximum Gasteiger partial charge on any atom is 0.185 e. The molecule has 0 spiro atoms. The van der Waals surface area contributed by atoms with Crippen LogP contribution in [0, 0.1) is 5.82 Å². The maximum absolute atomic E-state index is 13.4. The van der Waals surface area contributed by atoms with Gasteiger partial charge in [-0.15, -0.1) is 0 Å². The van der Waals surface area contributed by atoms with Crippen molar-refractivity contribution < 1.29 is 4.39 Å². The molecule has 0 bridgehead atoms. The molecule has 6 nitrogen and oxygen atoms in total. The standard InChI is InChI=1S/C17H18ClFN6S/c1-25-6-4-10(5-7-25)21-17-24-16-13(26-17)14(20)22-15(23-16)9-2-3-12(19)11(18)8-9/h2-3,8,10H,4-7H2,1H3,(H3,20,21,22,23,24). The van der Waals surface area contributed by atoms with E-state index in [0.29, 0.717) is 28.9 Å². The van der Waals surface area contributed by atoms with E-state index in [1.165, 1.54) is 23.5 Å². The number of nitrogens with zero attached hydrogens (tertiary/aromatic N) is 4. The lowest BCUT2D eigenvalue weighted by atomic mass is 10.1. The molecule has 1 aromatic carbocycles. The van der Waals surface area contributed by atoms with E-state index in [1.807, 2.05) is 0 Å². The van der Waals surface area contributed by atoms with Gasteiger partial charge in [-0.05, 0) is 51.2 Å². The summed E-state index contributed by atoms with van der Waals surface area (Å²) in [4.78, 5) is 15.7.